The van der Waals surface area contributed by atoms with Crippen molar-refractivity contribution in [1.29, 1.82) is 0 Å². The van der Waals surface area contributed by atoms with Crippen molar-refractivity contribution in [2.24, 2.45) is 0 Å². The van der Waals surface area contributed by atoms with E-state index in [0.717, 1.165) is 15.6 Å². The van der Waals surface area contributed by atoms with Gasteiger partial charge in [0.15, 0.2) is 0 Å². The fourth-order valence-corrected chi connectivity index (χ4v) is 4.08. The van der Waals surface area contributed by atoms with Crippen molar-refractivity contribution in [2.75, 3.05) is 13.2 Å². The zero-order valence-electron chi connectivity index (χ0n) is 19.5. The minimum absolute atomic E-state index is 0.00761. The van der Waals surface area contributed by atoms with Crippen LogP contribution in [0.25, 0.3) is 16.8 Å². The molecule has 0 N–H and O–H groups in total. The number of hydrogen-bond donors (Lipinski definition) is 0. The van der Waals surface area contributed by atoms with Crippen molar-refractivity contribution in [3.05, 3.63) is 93.3 Å². The van der Waals surface area contributed by atoms with Crippen LogP contribution in [0.5, 0.6) is 0 Å². The topological polar surface area (TPSA) is 87.0 Å². The van der Waals surface area contributed by atoms with Crippen molar-refractivity contribution in [3.63, 3.8) is 0 Å². The second-order valence-corrected chi connectivity index (χ2v) is 8.69. The van der Waals surface area contributed by atoms with Crippen LogP contribution in [0.3, 0.4) is 0 Å². The maximum atomic E-state index is 13.7. The maximum absolute atomic E-state index is 13.7. The van der Waals surface area contributed by atoms with E-state index in [1.54, 1.807) is 44.2 Å². The predicted octanol–water partition coefficient (Wildman–Crippen LogP) is 5.66. The third kappa shape index (κ3) is 4.74. The van der Waals surface area contributed by atoms with Crippen LogP contribution in [0.4, 0.5) is 0 Å². The Hall–Kier alpha value is -3.78. The van der Waals surface area contributed by atoms with Crippen LogP contribution in [-0.2, 0) is 9.47 Å². The molecule has 0 fully saturated rings. The molecule has 0 atom stereocenters. The molecule has 0 aliphatic heterocycles. The predicted molar refractivity (Wildman–Crippen MR) is 135 cm³/mol. The van der Waals surface area contributed by atoms with Crippen molar-refractivity contribution in [3.8, 4) is 11.3 Å². The highest BCUT2D eigenvalue weighted by molar-refractivity contribution is 9.10. The normalized spacial score (nSPS) is 10.9. The summed E-state index contributed by atoms with van der Waals surface area (Å²) in [6, 6.07) is 16.2. The zero-order chi connectivity index (χ0) is 25.1. The fraction of sp³-hybridized carbons (Fsp3) is 0.185. The summed E-state index contributed by atoms with van der Waals surface area (Å²) in [5.41, 5.74) is 3.01. The number of ether oxygens (including phenoxy) is 2. The second-order valence-electron chi connectivity index (χ2n) is 7.77. The summed E-state index contributed by atoms with van der Waals surface area (Å²) in [6.45, 7) is 5.49. The van der Waals surface area contributed by atoms with Crippen LogP contribution in [-0.4, -0.2) is 40.3 Å². The first-order valence-corrected chi connectivity index (χ1v) is 11.9. The highest BCUT2D eigenvalue weighted by Gasteiger charge is 2.34. The monoisotopic (exact) mass is 534 g/mol. The summed E-state index contributed by atoms with van der Waals surface area (Å²) in [4.78, 5) is 44.4. The molecule has 2 aromatic heterocycles. The number of rotatable bonds is 7. The molecule has 178 valence electrons. The molecular formula is C27H23BrN2O5. The van der Waals surface area contributed by atoms with E-state index in [2.05, 4.69) is 20.9 Å². The second kappa shape index (κ2) is 10.2. The van der Waals surface area contributed by atoms with E-state index in [1.165, 1.54) is 10.7 Å². The van der Waals surface area contributed by atoms with Gasteiger partial charge >= 0.3 is 11.9 Å². The van der Waals surface area contributed by atoms with E-state index in [1.807, 2.05) is 31.2 Å². The van der Waals surface area contributed by atoms with Gasteiger partial charge in [-0.15, -0.1) is 0 Å². The molecule has 2 aromatic carbocycles. The number of fused-ring (bicyclic) bond motifs is 1. The number of aromatic nitrogens is 2. The van der Waals surface area contributed by atoms with Gasteiger partial charge in [-0.1, -0.05) is 45.8 Å². The van der Waals surface area contributed by atoms with Crippen LogP contribution in [0, 0.1) is 6.92 Å². The minimum atomic E-state index is -0.781. The molecular weight excluding hydrogens is 512 g/mol. The maximum Gasteiger partial charge on any atom is 0.341 e. The molecule has 2 heterocycles. The fourth-order valence-electron chi connectivity index (χ4n) is 3.81. The lowest BCUT2D eigenvalue weighted by Gasteiger charge is -2.07. The Labute approximate surface area is 210 Å². The quantitative estimate of drug-likeness (QED) is 0.224. The van der Waals surface area contributed by atoms with Crippen molar-refractivity contribution < 1.29 is 23.9 Å². The average Bonchev–Trinajstić information content (AvgIpc) is 3.19. The largest absolute Gasteiger partial charge is 0.462 e. The van der Waals surface area contributed by atoms with Crippen LogP contribution in [0.1, 0.15) is 56.2 Å². The number of nitrogens with zero attached hydrogens (tertiary/aromatic N) is 2. The van der Waals surface area contributed by atoms with Gasteiger partial charge in [0, 0.05) is 15.6 Å². The van der Waals surface area contributed by atoms with Gasteiger partial charge in [-0.3, -0.25) is 9.20 Å². The summed E-state index contributed by atoms with van der Waals surface area (Å²) >= 11 is 3.36. The molecule has 0 radical (unpaired) electrons. The van der Waals surface area contributed by atoms with E-state index in [4.69, 9.17) is 9.47 Å². The molecule has 0 unspecified atom stereocenters. The third-order valence-electron chi connectivity index (χ3n) is 5.46. The van der Waals surface area contributed by atoms with Crippen LogP contribution >= 0.6 is 15.9 Å². The molecule has 8 heteroatoms. The molecule has 7 nitrogen and oxygen atoms in total. The molecule has 0 saturated heterocycles. The smallest absolute Gasteiger partial charge is 0.341 e. The van der Waals surface area contributed by atoms with E-state index in [0.29, 0.717) is 16.8 Å². The molecule has 0 amide bonds. The van der Waals surface area contributed by atoms with Crippen molar-refractivity contribution in [2.45, 2.75) is 20.8 Å². The van der Waals surface area contributed by atoms with E-state index >= 15 is 0 Å². The Balaban J connectivity index is 2.03. The average molecular weight is 535 g/mol. The lowest BCUT2D eigenvalue weighted by atomic mass is 10.0. The number of benzene rings is 2. The lowest BCUT2D eigenvalue weighted by Crippen LogP contribution is -2.16. The summed E-state index contributed by atoms with van der Waals surface area (Å²) < 4.78 is 12.8. The van der Waals surface area contributed by atoms with Gasteiger partial charge in [0.1, 0.15) is 23.1 Å². The van der Waals surface area contributed by atoms with Gasteiger partial charge in [-0.2, -0.15) is 0 Å². The highest BCUT2D eigenvalue weighted by atomic mass is 79.9. The number of carbonyl (C=O) groups excluding carboxylic acids is 3. The van der Waals surface area contributed by atoms with Gasteiger partial charge in [0.25, 0.3) is 0 Å². The Morgan fingerprint density at radius 2 is 1.49 bits per heavy atom. The van der Waals surface area contributed by atoms with Gasteiger partial charge < -0.3 is 9.47 Å². The standard InChI is InChI=1S/C27H23BrN2O5/c1-4-34-26(32)22-21-14-20(17-8-6-16(3)7-9-17)29-15-30(21)24(23(22)27(33)35-5-2)25(31)18-10-12-19(28)13-11-18/h6-15H,4-5H2,1-3H3. The van der Waals surface area contributed by atoms with Gasteiger partial charge in [-0.05, 0) is 51.1 Å². The number of ketones is 1. The van der Waals surface area contributed by atoms with Gasteiger partial charge in [-0.25, -0.2) is 14.6 Å². The summed E-state index contributed by atoms with van der Waals surface area (Å²) in [7, 11) is 0. The Kier molecular flexibility index (Phi) is 7.12. The molecule has 0 saturated carbocycles. The SMILES string of the molecule is CCOC(=O)c1c(C(=O)OCC)c2cc(-c3ccc(C)cc3)ncn2c1C(=O)c1ccc(Br)cc1. The van der Waals surface area contributed by atoms with E-state index in [-0.39, 0.29) is 30.0 Å². The summed E-state index contributed by atoms with van der Waals surface area (Å²) in [5.74, 6) is -1.95. The van der Waals surface area contributed by atoms with Gasteiger partial charge in [0.2, 0.25) is 5.78 Å². The first kappa shape index (κ1) is 24.3. The lowest BCUT2D eigenvalue weighted by molar-refractivity contribution is 0.0480. The molecule has 4 aromatic rings. The first-order valence-electron chi connectivity index (χ1n) is 11.1. The molecule has 0 bridgehead atoms. The molecule has 0 spiro atoms. The molecule has 35 heavy (non-hydrogen) atoms. The van der Waals surface area contributed by atoms with Crippen LogP contribution in [0.15, 0.2) is 65.4 Å². The number of esters is 2. The Morgan fingerprint density at radius 3 is 2.09 bits per heavy atom. The highest BCUT2D eigenvalue weighted by Crippen LogP contribution is 2.30. The third-order valence-corrected chi connectivity index (χ3v) is 5.99. The van der Waals surface area contributed by atoms with Gasteiger partial charge in [0.05, 0.1) is 24.4 Å². The zero-order valence-corrected chi connectivity index (χ0v) is 21.1. The number of halogens is 1. The number of aryl methyl sites for hydroxylation is 1. The molecule has 0 aliphatic carbocycles. The first-order chi connectivity index (χ1) is 16.8. The minimum Gasteiger partial charge on any atom is -0.462 e. The Bertz CT molecular complexity index is 1420. The van der Waals surface area contributed by atoms with E-state index < -0.39 is 17.7 Å². The Morgan fingerprint density at radius 1 is 0.886 bits per heavy atom. The van der Waals surface area contributed by atoms with Crippen LogP contribution < -0.4 is 0 Å². The number of hydrogen-bond acceptors (Lipinski definition) is 6. The molecule has 0 aliphatic rings. The van der Waals surface area contributed by atoms with Crippen molar-refractivity contribution in [1.82, 2.24) is 9.38 Å². The molecule has 4 rings (SSSR count). The van der Waals surface area contributed by atoms with Crippen molar-refractivity contribution >= 4 is 39.2 Å². The van der Waals surface area contributed by atoms with Crippen LogP contribution in [0.2, 0.25) is 0 Å². The summed E-state index contributed by atoms with van der Waals surface area (Å²) in [6.07, 6.45) is 1.45. The summed E-state index contributed by atoms with van der Waals surface area (Å²) in [5, 5.41) is 0. The number of carbonyl (C=O) groups is 3. The van der Waals surface area contributed by atoms with E-state index in [9.17, 15) is 14.4 Å².